The van der Waals surface area contributed by atoms with Gasteiger partial charge in [-0.3, -0.25) is 0 Å². The minimum atomic E-state index is -1.33. The summed E-state index contributed by atoms with van der Waals surface area (Å²) in [7, 11) is 0. The molecule has 1 aromatic carbocycles. The predicted molar refractivity (Wildman–Crippen MR) is 54.5 cm³/mol. The number of carbonyl (C=O) groups is 1. The van der Waals surface area contributed by atoms with E-state index in [9.17, 15) is 18.7 Å². The number of aryl methyl sites for hydroxylation is 1. The molecule has 0 radical (unpaired) electrons. The number of aliphatic hydroxyl groups excluding tert-OH is 1. The topological polar surface area (TPSA) is 66.8 Å². The summed E-state index contributed by atoms with van der Waals surface area (Å²) >= 11 is 0. The average Bonchev–Trinajstić information content (AvgIpc) is 2.22. The number of hydrogen-bond acceptors (Lipinski definition) is 3. The molecule has 0 aliphatic rings. The van der Waals surface area contributed by atoms with E-state index in [-0.39, 0.29) is 17.7 Å². The zero-order valence-electron chi connectivity index (χ0n) is 9.11. The van der Waals surface area contributed by atoms with Crippen LogP contribution in [0.25, 0.3) is 0 Å². The first kappa shape index (κ1) is 13.5. The molecule has 1 aromatic rings. The largest absolute Gasteiger partial charge is 0.480 e. The molecule has 1 rings (SSSR count). The van der Waals surface area contributed by atoms with Gasteiger partial charge in [-0.2, -0.15) is 0 Å². The molecule has 94 valence electrons. The van der Waals surface area contributed by atoms with Crippen molar-refractivity contribution in [1.82, 2.24) is 0 Å². The highest BCUT2D eigenvalue weighted by Crippen LogP contribution is 2.21. The Morgan fingerprint density at radius 3 is 2.65 bits per heavy atom. The number of carboxylic acids is 1. The first-order valence-electron chi connectivity index (χ1n) is 4.85. The number of aliphatic carboxylic acids is 1. The lowest BCUT2D eigenvalue weighted by molar-refractivity contribution is -0.143. The molecular formula is C11H12F2O4. The first-order chi connectivity index (χ1) is 7.91. The standard InChI is InChI=1S/C11H12F2O4/c1-6-2-7(9(13)3-8(6)12)10(14)4-17-5-11(15)16/h2-3,10,14H,4-5H2,1H3,(H,15,16). The average molecular weight is 246 g/mol. The van der Waals surface area contributed by atoms with Gasteiger partial charge in [0.25, 0.3) is 0 Å². The molecule has 1 unspecified atom stereocenters. The molecular weight excluding hydrogens is 234 g/mol. The fraction of sp³-hybridized carbons (Fsp3) is 0.364. The predicted octanol–water partition coefficient (Wildman–Crippen LogP) is 1.41. The van der Waals surface area contributed by atoms with Crippen LogP contribution in [0.3, 0.4) is 0 Å². The minimum absolute atomic E-state index is 0.116. The van der Waals surface area contributed by atoms with Crippen molar-refractivity contribution >= 4 is 5.97 Å². The number of halogens is 2. The van der Waals surface area contributed by atoms with Crippen molar-refractivity contribution in [3.05, 3.63) is 34.9 Å². The van der Waals surface area contributed by atoms with Gasteiger partial charge in [-0.1, -0.05) is 0 Å². The third-order valence-corrected chi connectivity index (χ3v) is 2.14. The molecule has 0 aliphatic heterocycles. The van der Waals surface area contributed by atoms with Crippen LogP contribution in [0.5, 0.6) is 0 Å². The van der Waals surface area contributed by atoms with E-state index in [0.717, 1.165) is 0 Å². The molecule has 1 atom stereocenters. The Hall–Kier alpha value is -1.53. The number of benzene rings is 1. The summed E-state index contributed by atoms with van der Waals surface area (Å²) in [5, 5.41) is 17.9. The Morgan fingerprint density at radius 1 is 1.41 bits per heavy atom. The van der Waals surface area contributed by atoms with Crippen LogP contribution in [0.2, 0.25) is 0 Å². The third-order valence-electron chi connectivity index (χ3n) is 2.14. The van der Waals surface area contributed by atoms with Gasteiger partial charge < -0.3 is 14.9 Å². The maximum Gasteiger partial charge on any atom is 0.329 e. The summed E-state index contributed by atoms with van der Waals surface area (Å²) in [6.45, 7) is 0.482. The Kier molecular flexibility index (Phi) is 4.53. The van der Waals surface area contributed by atoms with Crippen LogP contribution < -0.4 is 0 Å². The Balaban J connectivity index is 2.71. The lowest BCUT2D eigenvalue weighted by atomic mass is 10.1. The van der Waals surface area contributed by atoms with E-state index in [1.165, 1.54) is 13.0 Å². The fourth-order valence-electron chi connectivity index (χ4n) is 1.28. The SMILES string of the molecule is Cc1cc(C(O)COCC(=O)O)c(F)cc1F. The lowest BCUT2D eigenvalue weighted by Crippen LogP contribution is -2.14. The van der Waals surface area contributed by atoms with Crippen molar-refractivity contribution in [2.75, 3.05) is 13.2 Å². The van der Waals surface area contributed by atoms with E-state index >= 15 is 0 Å². The zero-order valence-corrected chi connectivity index (χ0v) is 9.11. The molecule has 0 aromatic heterocycles. The van der Waals surface area contributed by atoms with Crippen LogP contribution in [-0.2, 0) is 9.53 Å². The highest BCUT2D eigenvalue weighted by molar-refractivity contribution is 5.67. The summed E-state index contributed by atoms with van der Waals surface area (Å²) < 4.78 is 30.9. The third kappa shape index (κ3) is 3.76. The van der Waals surface area contributed by atoms with Gasteiger partial charge in [-0.15, -0.1) is 0 Å². The maximum atomic E-state index is 13.3. The lowest BCUT2D eigenvalue weighted by Gasteiger charge is -2.12. The quantitative estimate of drug-likeness (QED) is 0.824. The van der Waals surface area contributed by atoms with Crippen LogP contribution >= 0.6 is 0 Å². The Bertz CT molecular complexity index is 420. The van der Waals surface area contributed by atoms with Crippen LogP contribution in [-0.4, -0.2) is 29.4 Å². The molecule has 0 aliphatic carbocycles. The van der Waals surface area contributed by atoms with Crippen molar-refractivity contribution in [3.63, 3.8) is 0 Å². The van der Waals surface area contributed by atoms with Gasteiger partial charge >= 0.3 is 5.97 Å². The van der Waals surface area contributed by atoms with Crippen molar-refractivity contribution < 1.29 is 28.5 Å². The van der Waals surface area contributed by atoms with Crippen molar-refractivity contribution in [1.29, 1.82) is 0 Å². The van der Waals surface area contributed by atoms with Crippen LogP contribution in [0, 0.1) is 18.6 Å². The van der Waals surface area contributed by atoms with E-state index in [0.29, 0.717) is 6.07 Å². The molecule has 0 fully saturated rings. The van der Waals surface area contributed by atoms with Gasteiger partial charge in [0.15, 0.2) is 0 Å². The van der Waals surface area contributed by atoms with Gasteiger partial charge in [0.05, 0.1) is 6.61 Å². The van der Waals surface area contributed by atoms with Gasteiger partial charge in [-0.05, 0) is 18.6 Å². The Labute approximate surface area is 96.5 Å². The summed E-state index contributed by atoms with van der Waals surface area (Å²) in [6.07, 6.45) is -1.33. The number of ether oxygens (including phenoxy) is 1. The molecule has 6 heteroatoms. The number of hydrogen-bond donors (Lipinski definition) is 2. The number of rotatable bonds is 5. The second kappa shape index (κ2) is 5.70. The van der Waals surface area contributed by atoms with E-state index < -0.39 is 30.3 Å². The van der Waals surface area contributed by atoms with Crippen LogP contribution in [0.1, 0.15) is 17.2 Å². The summed E-state index contributed by atoms with van der Waals surface area (Å²) in [4.78, 5) is 10.2. The molecule has 0 bridgehead atoms. The monoisotopic (exact) mass is 246 g/mol. The first-order valence-corrected chi connectivity index (χ1v) is 4.85. The molecule has 2 N–H and O–H groups in total. The van der Waals surface area contributed by atoms with E-state index in [1.807, 2.05) is 0 Å². The smallest absolute Gasteiger partial charge is 0.329 e. The summed E-state index contributed by atoms with van der Waals surface area (Å²) in [5.41, 5.74) is 0.0768. The van der Waals surface area contributed by atoms with Crippen LogP contribution in [0.4, 0.5) is 8.78 Å². The van der Waals surface area contributed by atoms with Gasteiger partial charge in [0.2, 0.25) is 0 Å². The van der Waals surface area contributed by atoms with Gasteiger partial charge in [0, 0.05) is 11.6 Å². The molecule has 17 heavy (non-hydrogen) atoms. The summed E-state index contributed by atoms with van der Waals surface area (Å²) in [5.74, 6) is -2.78. The van der Waals surface area contributed by atoms with Crippen molar-refractivity contribution in [2.24, 2.45) is 0 Å². The molecule has 0 spiro atoms. The maximum absolute atomic E-state index is 13.3. The normalized spacial score (nSPS) is 12.5. The molecule has 0 amide bonds. The molecule has 0 saturated carbocycles. The zero-order chi connectivity index (χ0) is 13.0. The second-order valence-corrected chi connectivity index (χ2v) is 3.55. The second-order valence-electron chi connectivity index (χ2n) is 3.55. The van der Waals surface area contributed by atoms with Crippen molar-refractivity contribution in [3.8, 4) is 0 Å². The van der Waals surface area contributed by atoms with Crippen molar-refractivity contribution in [2.45, 2.75) is 13.0 Å². The van der Waals surface area contributed by atoms with Gasteiger partial charge in [0.1, 0.15) is 24.3 Å². The van der Waals surface area contributed by atoms with Crippen LogP contribution in [0.15, 0.2) is 12.1 Å². The Morgan fingerprint density at radius 2 is 2.06 bits per heavy atom. The number of carboxylic acid groups (broad SMARTS) is 1. The molecule has 0 saturated heterocycles. The minimum Gasteiger partial charge on any atom is -0.480 e. The molecule has 4 nitrogen and oxygen atoms in total. The van der Waals surface area contributed by atoms with E-state index in [1.54, 1.807) is 0 Å². The molecule has 0 heterocycles. The highest BCUT2D eigenvalue weighted by atomic mass is 19.1. The van der Waals surface area contributed by atoms with Gasteiger partial charge in [-0.25, -0.2) is 13.6 Å². The summed E-state index contributed by atoms with van der Waals surface area (Å²) in [6, 6.07) is 1.84. The van der Waals surface area contributed by atoms with E-state index in [2.05, 4.69) is 4.74 Å². The number of aliphatic hydroxyl groups is 1. The van der Waals surface area contributed by atoms with E-state index in [4.69, 9.17) is 5.11 Å². The highest BCUT2D eigenvalue weighted by Gasteiger charge is 2.15. The fourth-order valence-corrected chi connectivity index (χ4v) is 1.28.